The normalized spacial score (nSPS) is 13.1. The molecule has 1 aromatic heterocycles. The van der Waals surface area contributed by atoms with Crippen molar-refractivity contribution in [2.75, 3.05) is 0 Å². The van der Waals surface area contributed by atoms with Gasteiger partial charge in [-0.05, 0) is 39.4 Å². The summed E-state index contributed by atoms with van der Waals surface area (Å²) in [5.74, 6) is 0. The Kier molecular flexibility index (Phi) is 7.35. The molecule has 0 fully saturated rings. The van der Waals surface area contributed by atoms with E-state index in [1.54, 1.807) is 0 Å². The van der Waals surface area contributed by atoms with Gasteiger partial charge in [-0.2, -0.15) is 0 Å². The third-order valence-corrected chi connectivity index (χ3v) is 14.1. The second-order valence-electron chi connectivity index (χ2n) is 13.7. The molecule has 250 valence electrons. The number of hydrogen-bond donors (Lipinski definition) is 0. The molecule has 1 aliphatic rings. The molecule has 3 heteroatoms. The van der Waals surface area contributed by atoms with Gasteiger partial charge in [0.05, 0.1) is 16.6 Å². The van der Waals surface area contributed by atoms with Crippen LogP contribution in [0.3, 0.4) is 0 Å². The van der Waals surface area contributed by atoms with Crippen molar-refractivity contribution < 1.29 is 4.57 Å². The number of aromatic nitrogens is 1. The largest absolute Gasteiger partial charge is 0.309 e. The Bertz CT molecular complexity index is 2750. The zero-order valence-corrected chi connectivity index (χ0v) is 29.8. The smallest absolute Gasteiger partial charge is 0.171 e. The second-order valence-corrected chi connectivity index (χ2v) is 16.5. The van der Waals surface area contributed by atoms with E-state index in [-0.39, 0.29) is 0 Å². The van der Waals surface area contributed by atoms with Crippen molar-refractivity contribution in [1.82, 2.24) is 4.98 Å². The molecule has 1 heterocycles. The molecule has 0 spiro atoms. The Labute approximate surface area is 309 Å². The van der Waals surface area contributed by atoms with E-state index in [2.05, 4.69) is 133 Å². The average Bonchev–Trinajstić information content (AvgIpc) is 3.55. The van der Waals surface area contributed by atoms with Gasteiger partial charge in [0.25, 0.3) is 0 Å². The molecule has 0 amide bonds. The van der Waals surface area contributed by atoms with Crippen LogP contribution >= 0.6 is 7.14 Å². The molecule has 0 unspecified atom stereocenters. The number of rotatable bonds is 6. The van der Waals surface area contributed by atoms with Crippen LogP contribution in [0.4, 0.5) is 0 Å². The average molecular weight is 696 g/mol. The topological polar surface area (TPSA) is 30.0 Å². The van der Waals surface area contributed by atoms with Gasteiger partial charge in [0.1, 0.15) is 0 Å². The maximum absolute atomic E-state index is 15.2. The highest BCUT2D eigenvalue weighted by molar-refractivity contribution is 7.85. The Morgan fingerprint density at radius 1 is 0.415 bits per heavy atom. The summed E-state index contributed by atoms with van der Waals surface area (Å²) in [6.45, 7) is 0. The first-order valence-electron chi connectivity index (χ1n) is 18.1. The molecule has 2 nitrogen and oxygen atoms in total. The zero-order valence-electron chi connectivity index (χ0n) is 28.9. The molecule has 53 heavy (non-hydrogen) atoms. The van der Waals surface area contributed by atoms with Gasteiger partial charge >= 0.3 is 0 Å². The van der Waals surface area contributed by atoms with Crippen LogP contribution in [0.5, 0.6) is 0 Å². The molecule has 0 N–H and O–H groups in total. The standard InChI is InChI=1S/C50H34NOP/c52-53(38-21-9-3-10-22-38,39-23-11-4-12-24-39)40-31-29-35(30-32-40)49-43-33-34-45-48(47(43)42-26-14-16-28-46(42)51-49)41-25-13-15-27-44(41)50(45,36-17-5-1-6-18-36)37-19-7-2-8-20-37/h1-34H. The molecule has 0 radical (unpaired) electrons. The van der Waals surface area contributed by atoms with Crippen LogP contribution in [0.1, 0.15) is 22.3 Å². The van der Waals surface area contributed by atoms with Gasteiger partial charge in [-0.1, -0.05) is 200 Å². The van der Waals surface area contributed by atoms with Crippen molar-refractivity contribution in [2.24, 2.45) is 0 Å². The van der Waals surface area contributed by atoms with Gasteiger partial charge in [0.15, 0.2) is 7.14 Å². The monoisotopic (exact) mass is 695 g/mol. The zero-order chi connectivity index (χ0) is 35.4. The molecule has 0 atom stereocenters. The summed E-state index contributed by atoms with van der Waals surface area (Å²) in [6, 6.07) is 71.9. The van der Waals surface area contributed by atoms with Crippen molar-refractivity contribution in [3.05, 3.63) is 229 Å². The summed E-state index contributed by atoms with van der Waals surface area (Å²) in [4.78, 5) is 5.35. The van der Waals surface area contributed by atoms with E-state index in [0.29, 0.717) is 0 Å². The number of pyridine rings is 1. The van der Waals surface area contributed by atoms with Gasteiger partial charge in [-0.25, -0.2) is 4.98 Å². The van der Waals surface area contributed by atoms with Crippen molar-refractivity contribution in [2.45, 2.75) is 5.41 Å². The van der Waals surface area contributed by atoms with Crippen molar-refractivity contribution >= 4 is 44.7 Å². The third-order valence-electron chi connectivity index (χ3n) is 11.0. The van der Waals surface area contributed by atoms with Crippen LogP contribution < -0.4 is 15.9 Å². The summed E-state index contributed by atoms with van der Waals surface area (Å²) in [5, 5.41) is 5.87. The minimum absolute atomic E-state index is 0.495. The predicted octanol–water partition coefficient (Wildman–Crippen LogP) is 11.1. The molecule has 8 aromatic carbocycles. The maximum Gasteiger partial charge on any atom is 0.171 e. The van der Waals surface area contributed by atoms with E-state index in [1.807, 2.05) is 72.8 Å². The quantitative estimate of drug-likeness (QED) is 0.128. The first kappa shape index (κ1) is 31.4. The summed E-state index contributed by atoms with van der Waals surface area (Å²) >= 11 is 0. The number of benzene rings is 8. The van der Waals surface area contributed by atoms with Gasteiger partial charge in [0.2, 0.25) is 0 Å². The minimum Gasteiger partial charge on any atom is -0.309 e. The summed E-state index contributed by atoms with van der Waals surface area (Å²) in [5.41, 5.74) is 9.88. The lowest BCUT2D eigenvalue weighted by molar-refractivity contribution is 0.592. The molecular formula is C50H34NOP. The number of nitrogens with zero attached hydrogens (tertiary/aromatic N) is 1. The third kappa shape index (κ3) is 4.66. The first-order valence-corrected chi connectivity index (χ1v) is 19.8. The molecule has 0 saturated heterocycles. The molecule has 1 aliphatic carbocycles. The SMILES string of the molecule is O=P(c1ccccc1)(c1ccccc1)c1ccc(-c2nc3ccccc3c3c4c(ccc23)C(c2ccccc2)(c2ccccc2)c2ccccc2-4)cc1. The fourth-order valence-corrected chi connectivity index (χ4v) is 11.4. The first-order chi connectivity index (χ1) is 26.2. The fourth-order valence-electron chi connectivity index (χ4n) is 8.75. The van der Waals surface area contributed by atoms with E-state index in [9.17, 15) is 0 Å². The van der Waals surface area contributed by atoms with Crippen LogP contribution in [0.25, 0.3) is 44.1 Å². The van der Waals surface area contributed by atoms with E-state index in [4.69, 9.17) is 4.98 Å². The summed E-state index contributed by atoms with van der Waals surface area (Å²) < 4.78 is 15.2. The van der Waals surface area contributed by atoms with E-state index in [0.717, 1.165) is 43.5 Å². The maximum atomic E-state index is 15.2. The van der Waals surface area contributed by atoms with E-state index in [1.165, 1.54) is 38.8 Å². The van der Waals surface area contributed by atoms with Crippen molar-refractivity contribution in [3.63, 3.8) is 0 Å². The summed E-state index contributed by atoms with van der Waals surface area (Å²) in [6.07, 6.45) is 0. The molecule has 0 bridgehead atoms. The molecular weight excluding hydrogens is 662 g/mol. The van der Waals surface area contributed by atoms with E-state index >= 15 is 4.57 Å². The molecule has 0 aliphatic heterocycles. The highest BCUT2D eigenvalue weighted by Gasteiger charge is 2.46. The van der Waals surface area contributed by atoms with Crippen LogP contribution in [-0.4, -0.2) is 4.98 Å². The predicted molar refractivity (Wildman–Crippen MR) is 221 cm³/mol. The lowest BCUT2D eigenvalue weighted by Gasteiger charge is -2.34. The highest BCUT2D eigenvalue weighted by atomic mass is 31.2. The van der Waals surface area contributed by atoms with Gasteiger partial charge in [-0.15, -0.1) is 0 Å². The number of para-hydroxylation sites is 1. The molecule has 0 saturated carbocycles. The van der Waals surface area contributed by atoms with Gasteiger partial charge in [-0.3, -0.25) is 0 Å². The minimum atomic E-state index is -3.12. The fraction of sp³-hybridized carbons (Fsp3) is 0.0200. The lowest BCUT2D eigenvalue weighted by atomic mass is 9.67. The van der Waals surface area contributed by atoms with Gasteiger partial charge < -0.3 is 4.57 Å². The van der Waals surface area contributed by atoms with Crippen LogP contribution in [-0.2, 0) is 9.98 Å². The van der Waals surface area contributed by atoms with Crippen LogP contribution in [0, 0.1) is 0 Å². The Morgan fingerprint density at radius 2 is 0.925 bits per heavy atom. The Hall–Kier alpha value is -6.34. The number of hydrogen-bond acceptors (Lipinski definition) is 2. The second kappa shape index (κ2) is 12.4. The van der Waals surface area contributed by atoms with Crippen molar-refractivity contribution in [3.8, 4) is 22.4 Å². The van der Waals surface area contributed by atoms with Crippen molar-refractivity contribution in [1.29, 1.82) is 0 Å². The molecule has 9 aromatic rings. The Balaban J connectivity index is 1.24. The Morgan fingerprint density at radius 3 is 1.55 bits per heavy atom. The van der Waals surface area contributed by atoms with Crippen LogP contribution in [0.15, 0.2) is 206 Å². The van der Waals surface area contributed by atoms with E-state index < -0.39 is 12.6 Å². The van der Waals surface area contributed by atoms with Gasteiger partial charge in [0, 0.05) is 37.6 Å². The summed E-state index contributed by atoms with van der Waals surface area (Å²) in [7, 11) is -3.12. The molecule has 10 rings (SSSR count). The number of fused-ring (bicyclic) bond motifs is 7. The highest BCUT2D eigenvalue weighted by Crippen LogP contribution is 2.58. The lowest BCUT2D eigenvalue weighted by Crippen LogP contribution is -2.28. The van der Waals surface area contributed by atoms with Crippen LogP contribution in [0.2, 0.25) is 0 Å².